The van der Waals surface area contributed by atoms with Gasteiger partial charge in [0.2, 0.25) is 0 Å². The van der Waals surface area contributed by atoms with Crippen molar-refractivity contribution in [1.82, 2.24) is 15.1 Å². The smallest absolute Gasteiger partial charge is 0.119 e. The van der Waals surface area contributed by atoms with E-state index in [0.717, 1.165) is 25.2 Å². The van der Waals surface area contributed by atoms with Gasteiger partial charge in [-0.25, -0.2) is 4.39 Å². The molecule has 2 heterocycles. The minimum absolute atomic E-state index is 0.396. The molecule has 0 radical (unpaired) electrons. The lowest BCUT2D eigenvalue weighted by Gasteiger charge is -2.29. The number of hydrogen-bond donors (Lipinski definition) is 1. The summed E-state index contributed by atoms with van der Waals surface area (Å²) in [7, 11) is 0. The molecule has 1 aliphatic rings. The molecular formula is C13H22FN3. The highest BCUT2D eigenvalue weighted by Gasteiger charge is 2.32. The molecule has 0 aromatic carbocycles. The summed E-state index contributed by atoms with van der Waals surface area (Å²) in [5.41, 5.74) is -0.172. The van der Waals surface area contributed by atoms with Crippen LogP contribution in [0, 0.1) is 0 Å². The van der Waals surface area contributed by atoms with Gasteiger partial charge < -0.3 is 5.32 Å². The lowest BCUT2D eigenvalue weighted by Crippen LogP contribution is -2.40. The maximum atomic E-state index is 14.5. The Morgan fingerprint density at radius 1 is 1.53 bits per heavy atom. The van der Waals surface area contributed by atoms with Crippen molar-refractivity contribution in [3.05, 3.63) is 18.0 Å². The largest absolute Gasteiger partial charge is 0.316 e. The molecule has 1 atom stereocenters. The molecule has 17 heavy (non-hydrogen) atoms. The molecule has 0 aliphatic carbocycles. The molecule has 0 amide bonds. The van der Waals surface area contributed by atoms with Gasteiger partial charge in [-0.1, -0.05) is 6.92 Å². The second kappa shape index (κ2) is 5.17. The van der Waals surface area contributed by atoms with Crippen LogP contribution < -0.4 is 5.32 Å². The Labute approximate surface area is 102 Å². The molecule has 1 N–H and O–H groups in total. The first-order valence-corrected chi connectivity index (χ1v) is 6.57. The van der Waals surface area contributed by atoms with Crippen molar-refractivity contribution in [2.45, 2.75) is 51.2 Å². The fourth-order valence-corrected chi connectivity index (χ4v) is 2.28. The SMILES string of the molecule is CCC(C)n1ccc(CC2(F)CCNCC2)n1. The van der Waals surface area contributed by atoms with E-state index in [-0.39, 0.29) is 0 Å². The molecule has 96 valence electrons. The van der Waals surface area contributed by atoms with Crippen LogP contribution in [0.2, 0.25) is 0 Å². The zero-order chi connectivity index (χ0) is 12.3. The molecule has 2 rings (SSSR count). The van der Waals surface area contributed by atoms with Gasteiger partial charge in [0.25, 0.3) is 0 Å². The second-order valence-corrected chi connectivity index (χ2v) is 5.12. The molecular weight excluding hydrogens is 217 g/mol. The number of hydrogen-bond acceptors (Lipinski definition) is 2. The first kappa shape index (κ1) is 12.6. The Bertz CT molecular complexity index is 355. The number of piperidine rings is 1. The first-order chi connectivity index (χ1) is 8.13. The Balaban J connectivity index is 2.00. The second-order valence-electron chi connectivity index (χ2n) is 5.12. The number of nitrogens with zero attached hydrogens (tertiary/aromatic N) is 2. The van der Waals surface area contributed by atoms with Crippen LogP contribution in [0.5, 0.6) is 0 Å². The van der Waals surface area contributed by atoms with Gasteiger partial charge in [-0.2, -0.15) is 5.10 Å². The average Bonchev–Trinajstić information content (AvgIpc) is 2.76. The first-order valence-electron chi connectivity index (χ1n) is 6.57. The summed E-state index contributed by atoms with van der Waals surface area (Å²) < 4.78 is 16.4. The van der Waals surface area contributed by atoms with E-state index in [9.17, 15) is 4.39 Å². The Kier molecular flexibility index (Phi) is 3.82. The van der Waals surface area contributed by atoms with Gasteiger partial charge in [-0.05, 0) is 45.3 Å². The van der Waals surface area contributed by atoms with Crippen molar-refractivity contribution in [1.29, 1.82) is 0 Å². The Morgan fingerprint density at radius 2 is 2.24 bits per heavy atom. The fraction of sp³-hybridized carbons (Fsp3) is 0.769. The van der Waals surface area contributed by atoms with E-state index < -0.39 is 5.67 Å². The summed E-state index contributed by atoms with van der Waals surface area (Å²) >= 11 is 0. The molecule has 1 aromatic heterocycles. The third-order valence-corrected chi connectivity index (χ3v) is 3.70. The zero-order valence-electron chi connectivity index (χ0n) is 10.7. The summed E-state index contributed by atoms with van der Waals surface area (Å²) in [6.07, 6.45) is 4.67. The van der Waals surface area contributed by atoms with Crippen LogP contribution in [0.4, 0.5) is 4.39 Å². The van der Waals surface area contributed by atoms with Gasteiger partial charge in [0.05, 0.1) is 5.69 Å². The highest BCUT2D eigenvalue weighted by atomic mass is 19.1. The number of rotatable bonds is 4. The Hall–Kier alpha value is -0.900. The third kappa shape index (κ3) is 3.06. The van der Waals surface area contributed by atoms with Crippen LogP contribution in [-0.4, -0.2) is 28.5 Å². The molecule has 1 saturated heterocycles. The van der Waals surface area contributed by atoms with Crippen LogP contribution in [0.1, 0.15) is 44.8 Å². The van der Waals surface area contributed by atoms with E-state index in [0.29, 0.717) is 25.3 Å². The van der Waals surface area contributed by atoms with Gasteiger partial charge in [-0.3, -0.25) is 4.68 Å². The predicted octanol–water partition coefficient (Wildman–Crippen LogP) is 2.49. The van der Waals surface area contributed by atoms with Crippen molar-refractivity contribution in [2.75, 3.05) is 13.1 Å². The van der Waals surface area contributed by atoms with Gasteiger partial charge in [0.15, 0.2) is 0 Å². The standard InChI is InChI=1S/C13H22FN3/c1-3-11(2)17-9-4-12(16-17)10-13(14)5-7-15-8-6-13/h4,9,11,15H,3,5-8,10H2,1-2H3. The van der Waals surface area contributed by atoms with E-state index in [1.807, 2.05) is 16.9 Å². The predicted molar refractivity (Wildman–Crippen MR) is 66.9 cm³/mol. The maximum absolute atomic E-state index is 14.5. The molecule has 0 bridgehead atoms. The summed E-state index contributed by atoms with van der Waals surface area (Å²) in [6, 6.07) is 2.35. The number of alkyl halides is 1. The summed E-state index contributed by atoms with van der Waals surface area (Å²) in [4.78, 5) is 0. The molecule has 1 fully saturated rings. The maximum Gasteiger partial charge on any atom is 0.119 e. The topological polar surface area (TPSA) is 29.9 Å². The highest BCUT2D eigenvalue weighted by Crippen LogP contribution is 2.27. The van der Waals surface area contributed by atoms with E-state index in [2.05, 4.69) is 24.3 Å². The molecule has 1 unspecified atom stereocenters. The number of aromatic nitrogens is 2. The molecule has 3 nitrogen and oxygen atoms in total. The van der Waals surface area contributed by atoms with E-state index in [1.54, 1.807) is 0 Å². The lowest BCUT2D eigenvalue weighted by molar-refractivity contribution is 0.114. The zero-order valence-corrected chi connectivity index (χ0v) is 10.7. The van der Waals surface area contributed by atoms with Crippen LogP contribution in [0.15, 0.2) is 12.3 Å². The quantitative estimate of drug-likeness (QED) is 0.875. The van der Waals surface area contributed by atoms with Gasteiger partial charge in [0, 0.05) is 18.7 Å². The average molecular weight is 239 g/mol. The van der Waals surface area contributed by atoms with E-state index >= 15 is 0 Å². The van der Waals surface area contributed by atoms with Crippen LogP contribution in [0.25, 0.3) is 0 Å². The van der Waals surface area contributed by atoms with E-state index in [1.165, 1.54) is 0 Å². The van der Waals surface area contributed by atoms with Crippen molar-refractivity contribution in [2.24, 2.45) is 0 Å². The van der Waals surface area contributed by atoms with Crippen molar-refractivity contribution in [3.8, 4) is 0 Å². The van der Waals surface area contributed by atoms with Crippen molar-refractivity contribution in [3.63, 3.8) is 0 Å². The van der Waals surface area contributed by atoms with Gasteiger partial charge in [0.1, 0.15) is 5.67 Å². The summed E-state index contributed by atoms with van der Waals surface area (Å²) in [5, 5.41) is 7.67. The molecule has 0 saturated carbocycles. The van der Waals surface area contributed by atoms with Gasteiger partial charge in [-0.15, -0.1) is 0 Å². The molecule has 0 spiro atoms. The monoisotopic (exact) mass is 239 g/mol. The van der Waals surface area contributed by atoms with Gasteiger partial charge >= 0.3 is 0 Å². The van der Waals surface area contributed by atoms with Crippen molar-refractivity contribution >= 4 is 0 Å². The van der Waals surface area contributed by atoms with E-state index in [4.69, 9.17) is 0 Å². The van der Waals surface area contributed by atoms with Crippen LogP contribution in [-0.2, 0) is 6.42 Å². The van der Waals surface area contributed by atoms with Crippen LogP contribution in [0.3, 0.4) is 0 Å². The highest BCUT2D eigenvalue weighted by molar-refractivity contribution is 5.05. The minimum Gasteiger partial charge on any atom is -0.316 e. The van der Waals surface area contributed by atoms with Crippen LogP contribution >= 0.6 is 0 Å². The molecule has 1 aliphatic heterocycles. The number of halogens is 1. The minimum atomic E-state index is -1.06. The fourth-order valence-electron chi connectivity index (χ4n) is 2.28. The third-order valence-electron chi connectivity index (χ3n) is 3.70. The van der Waals surface area contributed by atoms with Crippen molar-refractivity contribution < 1.29 is 4.39 Å². The molecule has 4 heteroatoms. The summed E-state index contributed by atoms with van der Waals surface area (Å²) in [6.45, 7) is 5.83. The lowest BCUT2D eigenvalue weighted by atomic mass is 9.90. The number of nitrogens with one attached hydrogen (secondary N) is 1. The Morgan fingerprint density at radius 3 is 2.88 bits per heavy atom. The molecule has 1 aromatic rings. The normalized spacial score (nSPS) is 21.4. The summed E-state index contributed by atoms with van der Waals surface area (Å²) in [5.74, 6) is 0.